The van der Waals surface area contributed by atoms with Crippen molar-refractivity contribution < 1.29 is 23.9 Å². The van der Waals surface area contributed by atoms with Crippen LogP contribution in [0.25, 0.3) is 0 Å². The van der Waals surface area contributed by atoms with Crippen LogP contribution in [-0.2, 0) is 20.7 Å². The molecule has 1 unspecified atom stereocenters. The molecule has 30 heavy (non-hydrogen) atoms. The quantitative estimate of drug-likeness (QED) is 0.378. The van der Waals surface area contributed by atoms with Crippen molar-refractivity contribution in [3.8, 4) is 0 Å². The van der Waals surface area contributed by atoms with Gasteiger partial charge in [0.15, 0.2) is 6.61 Å². The normalized spacial score (nSPS) is 11.4. The number of ketones is 1. The van der Waals surface area contributed by atoms with Gasteiger partial charge in [-0.25, -0.2) is 4.79 Å². The van der Waals surface area contributed by atoms with E-state index in [1.807, 2.05) is 0 Å². The summed E-state index contributed by atoms with van der Waals surface area (Å²) >= 11 is 7.14. The number of nitrogens with two attached hydrogens (primary N) is 1. The van der Waals surface area contributed by atoms with Crippen LogP contribution in [0.5, 0.6) is 0 Å². The minimum atomic E-state index is -0.788. The van der Waals surface area contributed by atoms with Crippen molar-refractivity contribution in [1.82, 2.24) is 10.6 Å². The van der Waals surface area contributed by atoms with Gasteiger partial charge in [-0.05, 0) is 36.2 Å². The van der Waals surface area contributed by atoms with Crippen LogP contribution in [0.15, 0.2) is 36.4 Å². The van der Waals surface area contributed by atoms with Gasteiger partial charge in [-0.3, -0.25) is 14.4 Å². The van der Waals surface area contributed by atoms with Crippen molar-refractivity contribution in [2.45, 2.75) is 25.8 Å². The number of ether oxygens (including phenoxy) is 1. The third-order valence-corrected chi connectivity index (χ3v) is 5.44. The smallest absolute Gasteiger partial charge is 0.312 e. The third kappa shape index (κ3) is 7.84. The van der Waals surface area contributed by atoms with E-state index in [9.17, 15) is 19.2 Å². The van der Waals surface area contributed by atoms with Crippen molar-refractivity contribution in [1.29, 1.82) is 0 Å². The van der Waals surface area contributed by atoms with Gasteiger partial charge in [0.1, 0.15) is 0 Å². The Bertz CT molecular complexity index is 913. The summed E-state index contributed by atoms with van der Waals surface area (Å²) in [6.45, 7) is 1.51. The molecule has 0 radical (unpaired) electrons. The standard InChI is InChI=1S/C20H22ClN3O5S/c1-12(25)23-9-8-15-6-7-18(30-15)17(26)11-29-19(27)10-16(24-20(22)28)13-2-4-14(21)5-3-13/h2-7,16H,8-11H2,1H3,(H,23,25)(H3,22,24,28). The fourth-order valence-electron chi connectivity index (χ4n) is 2.59. The van der Waals surface area contributed by atoms with Gasteiger partial charge in [0.05, 0.1) is 17.3 Å². The second kappa shape index (κ2) is 11.3. The van der Waals surface area contributed by atoms with Gasteiger partial charge in [-0.1, -0.05) is 23.7 Å². The number of halogens is 1. The first-order valence-corrected chi connectivity index (χ1v) is 10.3. The number of benzene rings is 1. The van der Waals surface area contributed by atoms with E-state index in [2.05, 4.69) is 10.6 Å². The molecule has 4 N–H and O–H groups in total. The minimum Gasteiger partial charge on any atom is -0.457 e. The number of rotatable bonds is 10. The van der Waals surface area contributed by atoms with E-state index >= 15 is 0 Å². The largest absolute Gasteiger partial charge is 0.457 e. The molecule has 1 heterocycles. The second-order valence-electron chi connectivity index (χ2n) is 6.40. The predicted molar refractivity (Wildman–Crippen MR) is 114 cm³/mol. The van der Waals surface area contributed by atoms with Gasteiger partial charge < -0.3 is 21.1 Å². The molecule has 1 atom stereocenters. The van der Waals surface area contributed by atoms with Crippen molar-refractivity contribution in [2.75, 3.05) is 13.2 Å². The lowest BCUT2D eigenvalue weighted by Crippen LogP contribution is -2.34. The van der Waals surface area contributed by atoms with E-state index < -0.39 is 24.6 Å². The SMILES string of the molecule is CC(=O)NCCc1ccc(C(=O)COC(=O)CC(NC(N)=O)c2ccc(Cl)cc2)s1. The molecule has 0 aliphatic carbocycles. The maximum Gasteiger partial charge on any atom is 0.312 e. The summed E-state index contributed by atoms with van der Waals surface area (Å²) < 4.78 is 5.08. The van der Waals surface area contributed by atoms with Gasteiger partial charge in [-0.2, -0.15) is 0 Å². The number of hydrogen-bond acceptors (Lipinski definition) is 6. The Labute approximate surface area is 182 Å². The lowest BCUT2D eigenvalue weighted by molar-refractivity contribution is -0.143. The van der Waals surface area contributed by atoms with Gasteiger partial charge in [-0.15, -0.1) is 11.3 Å². The average molecular weight is 452 g/mol. The van der Waals surface area contributed by atoms with Crippen LogP contribution in [0.2, 0.25) is 5.02 Å². The number of amides is 3. The highest BCUT2D eigenvalue weighted by Gasteiger charge is 2.20. The zero-order valence-corrected chi connectivity index (χ0v) is 17.8. The summed E-state index contributed by atoms with van der Waals surface area (Å²) in [5.41, 5.74) is 5.81. The topological polar surface area (TPSA) is 128 Å². The second-order valence-corrected chi connectivity index (χ2v) is 8.00. The van der Waals surface area contributed by atoms with Crippen LogP contribution in [-0.4, -0.2) is 36.8 Å². The van der Waals surface area contributed by atoms with Crippen molar-refractivity contribution >= 4 is 46.6 Å². The van der Waals surface area contributed by atoms with E-state index in [-0.39, 0.29) is 18.1 Å². The first-order chi connectivity index (χ1) is 14.2. The molecule has 0 aliphatic heterocycles. The summed E-state index contributed by atoms with van der Waals surface area (Å²) in [5, 5.41) is 5.68. The number of hydrogen-bond donors (Lipinski definition) is 3. The first-order valence-electron chi connectivity index (χ1n) is 9.08. The first kappa shape index (κ1) is 23.4. The lowest BCUT2D eigenvalue weighted by atomic mass is 10.0. The molecule has 0 spiro atoms. The lowest BCUT2D eigenvalue weighted by Gasteiger charge is -2.17. The van der Waals surface area contributed by atoms with E-state index in [1.54, 1.807) is 36.4 Å². The van der Waals surface area contributed by atoms with Crippen LogP contribution in [0.3, 0.4) is 0 Å². The van der Waals surface area contributed by atoms with Crippen molar-refractivity contribution in [2.24, 2.45) is 5.73 Å². The molecule has 2 rings (SSSR count). The van der Waals surface area contributed by atoms with Crippen LogP contribution in [0.1, 0.15) is 39.5 Å². The third-order valence-electron chi connectivity index (χ3n) is 4.01. The molecule has 10 heteroatoms. The average Bonchev–Trinajstić information content (AvgIpc) is 3.14. The minimum absolute atomic E-state index is 0.113. The molecule has 160 valence electrons. The van der Waals surface area contributed by atoms with Gasteiger partial charge >= 0.3 is 12.0 Å². The summed E-state index contributed by atoms with van der Waals surface area (Å²) in [6, 6.07) is 8.55. The van der Waals surface area contributed by atoms with Crippen LogP contribution in [0, 0.1) is 0 Å². The Kier molecular flexibility index (Phi) is 8.82. The Balaban J connectivity index is 1.88. The Morgan fingerprint density at radius 2 is 1.83 bits per heavy atom. The molecule has 3 amide bonds. The van der Waals surface area contributed by atoms with Crippen LogP contribution < -0.4 is 16.4 Å². The van der Waals surface area contributed by atoms with E-state index in [0.717, 1.165) is 4.88 Å². The van der Waals surface area contributed by atoms with E-state index in [1.165, 1.54) is 18.3 Å². The molecule has 0 fully saturated rings. The molecule has 2 aromatic rings. The Hall–Kier alpha value is -2.91. The molecule has 8 nitrogen and oxygen atoms in total. The monoisotopic (exact) mass is 451 g/mol. The number of esters is 1. The number of Topliss-reactive ketones (excluding diaryl/α,β-unsaturated/α-hetero) is 1. The van der Waals surface area contributed by atoms with E-state index in [4.69, 9.17) is 22.1 Å². The molecule has 0 saturated carbocycles. The van der Waals surface area contributed by atoms with Gasteiger partial charge in [0.2, 0.25) is 11.7 Å². The van der Waals surface area contributed by atoms with Gasteiger partial charge in [0, 0.05) is 23.4 Å². The van der Waals surface area contributed by atoms with Gasteiger partial charge in [0.25, 0.3) is 0 Å². The molecule has 1 aromatic heterocycles. The van der Waals surface area contributed by atoms with Crippen LogP contribution in [0.4, 0.5) is 4.79 Å². The highest BCUT2D eigenvalue weighted by molar-refractivity contribution is 7.14. The van der Waals surface area contributed by atoms with Crippen molar-refractivity contribution in [3.05, 3.63) is 56.7 Å². The number of carbonyl (C=O) groups excluding carboxylic acids is 4. The molecule has 1 aromatic carbocycles. The number of thiophene rings is 1. The predicted octanol–water partition coefficient (Wildman–Crippen LogP) is 2.61. The Morgan fingerprint density at radius 1 is 1.13 bits per heavy atom. The maximum atomic E-state index is 12.3. The highest BCUT2D eigenvalue weighted by Crippen LogP contribution is 2.21. The molecule has 0 saturated heterocycles. The summed E-state index contributed by atoms with van der Waals surface area (Å²) in [4.78, 5) is 48.0. The zero-order chi connectivity index (χ0) is 22.1. The number of primary amides is 1. The summed E-state index contributed by atoms with van der Waals surface area (Å²) in [5.74, 6) is -1.10. The summed E-state index contributed by atoms with van der Waals surface area (Å²) in [7, 11) is 0. The zero-order valence-electron chi connectivity index (χ0n) is 16.3. The Morgan fingerprint density at radius 3 is 2.47 bits per heavy atom. The molecular weight excluding hydrogens is 430 g/mol. The van der Waals surface area contributed by atoms with Crippen molar-refractivity contribution in [3.63, 3.8) is 0 Å². The fraction of sp³-hybridized carbons (Fsp3) is 0.300. The molecule has 0 bridgehead atoms. The number of nitrogens with one attached hydrogen (secondary N) is 2. The highest BCUT2D eigenvalue weighted by atomic mass is 35.5. The molecule has 0 aliphatic rings. The fourth-order valence-corrected chi connectivity index (χ4v) is 3.64. The molecular formula is C20H22ClN3O5S. The number of urea groups is 1. The number of carbonyl (C=O) groups is 4. The van der Waals surface area contributed by atoms with E-state index in [0.29, 0.717) is 28.4 Å². The summed E-state index contributed by atoms with van der Waals surface area (Å²) in [6.07, 6.45) is 0.420. The van der Waals surface area contributed by atoms with Crippen LogP contribution >= 0.6 is 22.9 Å². The maximum absolute atomic E-state index is 12.3.